The molecule has 0 radical (unpaired) electrons. The maximum absolute atomic E-state index is 2.32. The molecule has 3 aromatic carbocycles. The Kier molecular flexibility index (Phi) is 4.97. The lowest BCUT2D eigenvalue weighted by molar-refractivity contribution is 0.741. The van der Waals surface area contributed by atoms with Gasteiger partial charge in [-0.25, -0.2) is 0 Å². The molecule has 0 heterocycles. The van der Waals surface area contributed by atoms with Crippen molar-refractivity contribution >= 4 is 11.8 Å². The molecule has 0 amide bonds. The van der Waals surface area contributed by atoms with Gasteiger partial charge in [-0.2, -0.15) is 0 Å². The topological polar surface area (TPSA) is 0 Å². The second-order valence-electron chi connectivity index (χ2n) is 5.46. The Hall–Kier alpha value is -1.99. The van der Waals surface area contributed by atoms with E-state index < -0.39 is 0 Å². The van der Waals surface area contributed by atoms with Crippen LogP contribution in [0.3, 0.4) is 0 Å². The molecule has 110 valence electrons. The van der Waals surface area contributed by atoms with E-state index in [0.717, 1.165) is 0 Å². The number of hydrogen-bond acceptors (Lipinski definition) is 1. The van der Waals surface area contributed by atoms with Crippen molar-refractivity contribution in [3.63, 3.8) is 0 Å². The molecule has 0 unspecified atom stereocenters. The summed E-state index contributed by atoms with van der Waals surface area (Å²) in [7, 11) is 0. The monoisotopic (exact) mass is 304 g/mol. The first-order valence-corrected chi connectivity index (χ1v) is 8.54. The van der Waals surface area contributed by atoms with E-state index in [9.17, 15) is 0 Å². The van der Waals surface area contributed by atoms with Gasteiger partial charge >= 0.3 is 0 Å². The third kappa shape index (κ3) is 3.61. The highest BCUT2D eigenvalue weighted by Crippen LogP contribution is 2.44. The molecule has 0 N–H and O–H groups in total. The molecule has 1 heteroatoms. The normalized spacial score (nSPS) is 13.5. The lowest BCUT2D eigenvalue weighted by Gasteiger charge is -2.24. The molecule has 0 aliphatic carbocycles. The molecular weight excluding hydrogens is 284 g/mol. The highest BCUT2D eigenvalue weighted by molar-refractivity contribution is 7.99. The van der Waals surface area contributed by atoms with E-state index in [4.69, 9.17) is 0 Å². The van der Waals surface area contributed by atoms with Gasteiger partial charge in [-0.1, -0.05) is 85.8 Å². The van der Waals surface area contributed by atoms with Crippen LogP contribution in [0.25, 0.3) is 0 Å². The van der Waals surface area contributed by atoms with Gasteiger partial charge in [0.2, 0.25) is 0 Å². The van der Waals surface area contributed by atoms with E-state index in [-0.39, 0.29) is 0 Å². The Morgan fingerprint density at radius 1 is 0.591 bits per heavy atom. The summed E-state index contributed by atoms with van der Waals surface area (Å²) in [5.41, 5.74) is 2.77. The zero-order chi connectivity index (χ0) is 15.2. The molecular formula is C21H20S. The fraction of sp³-hybridized carbons (Fsp3) is 0.143. The van der Waals surface area contributed by atoms with Gasteiger partial charge in [0.15, 0.2) is 0 Å². The molecule has 0 aliphatic rings. The smallest absolute Gasteiger partial charge is 0.0410 e. The minimum Gasteiger partial charge on any atom is -0.117 e. The lowest BCUT2D eigenvalue weighted by atomic mass is 9.93. The van der Waals surface area contributed by atoms with E-state index in [1.165, 1.54) is 16.0 Å². The Morgan fingerprint density at radius 3 is 1.59 bits per heavy atom. The van der Waals surface area contributed by atoms with E-state index >= 15 is 0 Å². The second-order valence-corrected chi connectivity index (χ2v) is 6.68. The van der Waals surface area contributed by atoms with Crippen LogP contribution in [0.15, 0.2) is 95.9 Å². The van der Waals surface area contributed by atoms with Crippen molar-refractivity contribution in [1.29, 1.82) is 0 Å². The largest absolute Gasteiger partial charge is 0.117 e. The first-order valence-electron chi connectivity index (χ1n) is 7.66. The maximum Gasteiger partial charge on any atom is 0.0410 e. The molecule has 0 aliphatic heterocycles. The molecule has 0 aromatic heterocycles. The van der Waals surface area contributed by atoms with Gasteiger partial charge in [-0.15, -0.1) is 11.8 Å². The SMILES string of the molecule is C[C@@H](c1ccccc1)[C@@H](Sc1ccccc1)c1ccccc1. The number of thioether (sulfide) groups is 1. The molecule has 0 nitrogen and oxygen atoms in total. The fourth-order valence-corrected chi connectivity index (χ4v) is 3.94. The van der Waals surface area contributed by atoms with Crippen molar-refractivity contribution in [3.05, 3.63) is 102 Å². The summed E-state index contributed by atoms with van der Waals surface area (Å²) in [5, 5.41) is 0.408. The summed E-state index contributed by atoms with van der Waals surface area (Å²) in [6.07, 6.45) is 0. The van der Waals surface area contributed by atoms with Gasteiger partial charge < -0.3 is 0 Å². The Morgan fingerprint density at radius 2 is 1.05 bits per heavy atom. The third-order valence-electron chi connectivity index (χ3n) is 3.91. The van der Waals surface area contributed by atoms with Crippen LogP contribution in [0.2, 0.25) is 0 Å². The van der Waals surface area contributed by atoms with Crippen molar-refractivity contribution in [2.75, 3.05) is 0 Å². The van der Waals surface area contributed by atoms with Crippen molar-refractivity contribution in [2.24, 2.45) is 0 Å². The molecule has 3 aromatic rings. The lowest BCUT2D eigenvalue weighted by Crippen LogP contribution is -2.05. The van der Waals surface area contributed by atoms with Gasteiger partial charge in [-0.3, -0.25) is 0 Å². The van der Waals surface area contributed by atoms with Crippen LogP contribution >= 0.6 is 11.8 Å². The zero-order valence-electron chi connectivity index (χ0n) is 12.7. The number of benzene rings is 3. The van der Waals surface area contributed by atoms with E-state index in [1.54, 1.807) is 0 Å². The minimum absolute atomic E-state index is 0.408. The summed E-state index contributed by atoms with van der Waals surface area (Å²) in [6, 6.07) is 32.3. The molecule has 0 bridgehead atoms. The Labute approximate surface area is 137 Å². The average molecular weight is 304 g/mol. The van der Waals surface area contributed by atoms with E-state index in [1.807, 2.05) is 11.8 Å². The fourth-order valence-electron chi connectivity index (χ4n) is 2.68. The number of rotatable bonds is 5. The van der Waals surface area contributed by atoms with Crippen LogP contribution in [0.4, 0.5) is 0 Å². The predicted molar refractivity (Wildman–Crippen MR) is 96.3 cm³/mol. The summed E-state index contributed by atoms with van der Waals surface area (Å²) in [4.78, 5) is 1.32. The van der Waals surface area contributed by atoms with Crippen molar-refractivity contribution < 1.29 is 0 Å². The van der Waals surface area contributed by atoms with Gasteiger partial charge in [-0.05, 0) is 29.2 Å². The molecule has 0 saturated carbocycles. The minimum atomic E-state index is 0.408. The van der Waals surface area contributed by atoms with Crippen LogP contribution in [-0.4, -0.2) is 0 Å². The quantitative estimate of drug-likeness (QED) is 0.497. The summed E-state index contributed by atoms with van der Waals surface area (Å²) < 4.78 is 0. The standard InChI is InChI=1S/C21H20S/c1-17(18-11-5-2-6-12-18)21(19-13-7-3-8-14-19)22-20-15-9-4-10-16-20/h2-17,21H,1H3/t17-,21+/m0/s1. The van der Waals surface area contributed by atoms with Crippen LogP contribution in [0, 0.1) is 0 Å². The summed E-state index contributed by atoms with van der Waals surface area (Å²) >= 11 is 1.94. The van der Waals surface area contributed by atoms with Crippen molar-refractivity contribution in [1.82, 2.24) is 0 Å². The molecule has 0 fully saturated rings. The second kappa shape index (κ2) is 7.33. The molecule has 0 saturated heterocycles. The average Bonchev–Trinajstić information content (AvgIpc) is 2.61. The highest BCUT2D eigenvalue weighted by Gasteiger charge is 2.21. The van der Waals surface area contributed by atoms with Gasteiger partial charge in [0.1, 0.15) is 0 Å². The van der Waals surface area contributed by atoms with Crippen molar-refractivity contribution in [3.8, 4) is 0 Å². The summed E-state index contributed by atoms with van der Waals surface area (Å²) in [6.45, 7) is 2.32. The van der Waals surface area contributed by atoms with Gasteiger partial charge in [0, 0.05) is 10.1 Å². The highest BCUT2D eigenvalue weighted by atomic mass is 32.2. The van der Waals surface area contributed by atoms with Crippen LogP contribution < -0.4 is 0 Å². The maximum atomic E-state index is 2.32. The first kappa shape index (κ1) is 14.9. The van der Waals surface area contributed by atoms with Gasteiger partial charge in [0.25, 0.3) is 0 Å². The first-order chi connectivity index (χ1) is 10.8. The third-order valence-corrected chi connectivity index (χ3v) is 5.39. The Balaban J connectivity index is 1.93. The predicted octanol–water partition coefficient (Wildman–Crippen LogP) is 6.32. The molecule has 2 atom stereocenters. The van der Waals surface area contributed by atoms with Gasteiger partial charge in [0.05, 0.1) is 0 Å². The van der Waals surface area contributed by atoms with Crippen LogP contribution in [-0.2, 0) is 0 Å². The zero-order valence-corrected chi connectivity index (χ0v) is 13.5. The molecule has 3 rings (SSSR count). The molecule has 0 spiro atoms. The number of hydrogen-bond donors (Lipinski definition) is 0. The van der Waals surface area contributed by atoms with Crippen LogP contribution in [0.5, 0.6) is 0 Å². The molecule has 22 heavy (non-hydrogen) atoms. The Bertz CT molecular complexity index is 677. The van der Waals surface area contributed by atoms with E-state index in [2.05, 4.69) is 97.9 Å². The van der Waals surface area contributed by atoms with Crippen LogP contribution in [0.1, 0.15) is 29.2 Å². The van der Waals surface area contributed by atoms with Crippen molar-refractivity contribution in [2.45, 2.75) is 23.0 Å². The van der Waals surface area contributed by atoms with E-state index in [0.29, 0.717) is 11.2 Å². The summed E-state index contributed by atoms with van der Waals surface area (Å²) in [5.74, 6) is 0.453.